The highest BCUT2D eigenvalue weighted by Gasteiger charge is 2.32. The summed E-state index contributed by atoms with van der Waals surface area (Å²) in [5, 5.41) is 0. The lowest BCUT2D eigenvalue weighted by molar-refractivity contribution is -0.106. The van der Waals surface area contributed by atoms with Gasteiger partial charge in [0.15, 0.2) is 17.8 Å². The molecule has 0 saturated heterocycles. The number of ether oxygens (including phenoxy) is 3. The normalized spacial score (nSPS) is 12.2. The van der Waals surface area contributed by atoms with Gasteiger partial charge in [-0.1, -0.05) is 30.3 Å². The first-order valence-corrected chi connectivity index (χ1v) is 5.81. The maximum Gasteiger partial charge on any atom is 0.186 e. The molecular weight excluding hydrogens is 228 g/mol. The van der Waals surface area contributed by atoms with Crippen molar-refractivity contribution in [3.05, 3.63) is 48.0 Å². The van der Waals surface area contributed by atoms with Gasteiger partial charge in [0.2, 0.25) is 0 Å². The van der Waals surface area contributed by atoms with Gasteiger partial charge in [0.1, 0.15) is 0 Å². The number of hydrogen-bond acceptors (Lipinski definition) is 3. The molecule has 0 aliphatic carbocycles. The summed E-state index contributed by atoms with van der Waals surface area (Å²) in [5.41, 5.74) is 3.21. The maximum absolute atomic E-state index is 5.58. The second-order valence-corrected chi connectivity index (χ2v) is 4.13. The van der Waals surface area contributed by atoms with E-state index in [1.54, 1.807) is 14.2 Å². The Morgan fingerprint density at radius 2 is 1.61 bits per heavy atom. The maximum atomic E-state index is 5.58. The Morgan fingerprint density at radius 3 is 2.28 bits per heavy atom. The Balaban J connectivity index is 1.99. The summed E-state index contributed by atoms with van der Waals surface area (Å²) in [5.74, 6) is 1.81. The van der Waals surface area contributed by atoms with Crippen molar-refractivity contribution in [1.29, 1.82) is 0 Å². The van der Waals surface area contributed by atoms with E-state index in [4.69, 9.17) is 14.2 Å². The summed E-state index contributed by atoms with van der Waals surface area (Å²) < 4.78 is 16.1. The molecule has 0 N–H and O–H groups in total. The van der Waals surface area contributed by atoms with Gasteiger partial charge in [0.25, 0.3) is 0 Å². The first kappa shape index (κ1) is 11.3. The molecule has 3 heteroatoms. The molecule has 2 aromatic carbocycles. The molecule has 0 aromatic heterocycles. The Bertz CT molecular complexity index is 559. The number of fused-ring (bicyclic) bond motifs is 1. The van der Waals surface area contributed by atoms with Crippen LogP contribution in [0, 0.1) is 0 Å². The molecule has 0 amide bonds. The first-order valence-electron chi connectivity index (χ1n) is 5.81. The van der Waals surface area contributed by atoms with E-state index in [1.807, 2.05) is 30.3 Å². The van der Waals surface area contributed by atoms with Crippen LogP contribution in [-0.4, -0.2) is 14.2 Å². The van der Waals surface area contributed by atoms with Crippen LogP contribution in [0.4, 0.5) is 0 Å². The molecule has 0 unspecified atom stereocenters. The molecule has 0 atom stereocenters. The van der Waals surface area contributed by atoms with Gasteiger partial charge in [-0.2, -0.15) is 0 Å². The Hall–Kier alpha value is -1.84. The van der Waals surface area contributed by atoms with Crippen LogP contribution < -0.4 is 4.74 Å². The van der Waals surface area contributed by atoms with Gasteiger partial charge in [-0.05, 0) is 17.7 Å². The lowest BCUT2D eigenvalue weighted by Crippen LogP contribution is -2.02. The van der Waals surface area contributed by atoms with Crippen molar-refractivity contribution in [2.45, 2.75) is 6.29 Å². The minimum atomic E-state index is -0.369. The fourth-order valence-electron chi connectivity index (χ4n) is 2.15. The zero-order valence-electron chi connectivity index (χ0n) is 10.3. The topological polar surface area (TPSA) is 31.0 Å². The Kier molecular flexibility index (Phi) is 2.78. The van der Waals surface area contributed by atoms with Crippen LogP contribution in [0.1, 0.15) is 11.9 Å². The van der Waals surface area contributed by atoms with Crippen molar-refractivity contribution >= 4 is 0 Å². The molecule has 1 heterocycles. The van der Waals surface area contributed by atoms with E-state index < -0.39 is 0 Å². The molecule has 0 bridgehead atoms. The van der Waals surface area contributed by atoms with E-state index in [0.29, 0.717) is 0 Å². The van der Waals surface area contributed by atoms with Crippen molar-refractivity contribution in [1.82, 2.24) is 0 Å². The van der Waals surface area contributed by atoms with Crippen LogP contribution in [0.2, 0.25) is 0 Å². The van der Waals surface area contributed by atoms with Gasteiger partial charge in [-0.15, -0.1) is 0 Å². The number of hydrogen-bond donors (Lipinski definition) is 0. The van der Waals surface area contributed by atoms with Gasteiger partial charge in [-0.3, -0.25) is 0 Å². The Morgan fingerprint density at radius 1 is 0.889 bits per heavy atom. The third kappa shape index (κ3) is 1.78. The molecule has 1 aliphatic heterocycles. The standard InChI is InChI=1S/C15H14O3/c1-16-15(17-2)12-9-8-11(13-14(12)18-13)10-6-4-3-5-7-10/h3-9,15H,1-2H3. The average molecular weight is 242 g/mol. The summed E-state index contributed by atoms with van der Waals surface area (Å²) in [6.07, 6.45) is -0.369. The fourth-order valence-corrected chi connectivity index (χ4v) is 2.15. The number of methoxy groups -OCH3 is 2. The monoisotopic (exact) mass is 242 g/mol. The van der Waals surface area contributed by atoms with Gasteiger partial charge >= 0.3 is 0 Å². The van der Waals surface area contributed by atoms with Crippen LogP contribution in [0.25, 0.3) is 11.1 Å². The van der Waals surface area contributed by atoms with Crippen LogP contribution in [0.5, 0.6) is 11.5 Å². The second kappa shape index (κ2) is 4.44. The van der Waals surface area contributed by atoms with Gasteiger partial charge in [0.05, 0.1) is 5.56 Å². The number of rotatable bonds is 4. The molecule has 1 aliphatic rings. The van der Waals surface area contributed by atoms with Crippen molar-refractivity contribution in [2.24, 2.45) is 0 Å². The minimum Gasteiger partial charge on any atom is -0.448 e. The molecule has 92 valence electrons. The molecule has 18 heavy (non-hydrogen) atoms. The lowest BCUT2D eigenvalue weighted by Gasteiger charge is -2.11. The molecule has 0 saturated carbocycles. The van der Waals surface area contributed by atoms with E-state index in [2.05, 4.69) is 12.1 Å². The minimum absolute atomic E-state index is 0.369. The van der Waals surface area contributed by atoms with E-state index in [-0.39, 0.29) is 6.29 Å². The fraction of sp³-hybridized carbons (Fsp3) is 0.200. The lowest BCUT2D eigenvalue weighted by atomic mass is 10.0. The molecule has 2 aromatic rings. The summed E-state index contributed by atoms with van der Waals surface area (Å²) in [7, 11) is 3.24. The highest BCUT2D eigenvalue weighted by Crippen LogP contribution is 2.56. The molecule has 3 rings (SSSR count). The Labute approximate surface area is 106 Å². The summed E-state index contributed by atoms with van der Waals surface area (Å²) in [4.78, 5) is 0. The van der Waals surface area contributed by atoms with Crippen LogP contribution in [0.3, 0.4) is 0 Å². The summed E-state index contributed by atoms with van der Waals surface area (Å²) >= 11 is 0. The highest BCUT2D eigenvalue weighted by atomic mass is 16.7. The highest BCUT2D eigenvalue weighted by molar-refractivity contribution is 5.81. The van der Waals surface area contributed by atoms with Crippen LogP contribution in [-0.2, 0) is 9.47 Å². The molecular formula is C15H14O3. The van der Waals surface area contributed by atoms with Crippen molar-refractivity contribution < 1.29 is 14.2 Å². The molecule has 0 radical (unpaired) electrons. The van der Waals surface area contributed by atoms with Gasteiger partial charge < -0.3 is 14.2 Å². The van der Waals surface area contributed by atoms with Crippen molar-refractivity contribution in [2.75, 3.05) is 14.2 Å². The van der Waals surface area contributed by atoms with Gasteiger partial charge in [-0.25, -0.2) is 0 Å². The average Bonchev–Trinajstić information content (AvgIpc) is 3.21. The van der Waals surface area contributed by atoms with Crippen molar-refractivity contribution in [3.8, 4) is 22.6 Å². The SMILES string of the molecule is COC(OC)c1ccc(-c2ccccc2)c2c1O2. The predicted molar refractivity (Wildman–Crippen MR) is 68.7 cm³/mol. The van der Waals surface area contributed by atoms with Crippen LogP contribution in [0.15, 0.2) is 42.5 Å². The van der Waals surface area contributed by atoms with E-state index >= 15 is 0 Å². The summed E-state index contributed by atoms with van der Waals surface area (Å²) in [6.45, 7) is 0. The quantitative estimate of drug-likeness (QED) is 0.515. The third-order valence-corrected chi connectivity index (χ3v) is 3.07. The van der Waals surface area contributed by atoms with E-state index in [9.17, 15) is 0 Å². The molecule has 0 fully saturated rings. The van der Waals surface area contributed by atoms with Crippen LogP contribution >= 0.6 is 0 Å². The molecule has 3 nitrogen and oxygen atoms in total. The van der Waals surface area contributed by atoms with E-state index in [1.165, 1.54) is 0 Å². The second-order valence-electron chi connectivity index (χ2n) is 4.13. The third-order valence-electron chi connectivity index (χ3n) is 3.07. The zero-order valence-corrected chi connectivity index (χ0v) is 10.3. The zero-order chi connectivity index (χ0) is 12.5. The predicted octanol–water partition coefficient (Wildman–Crippen LogP) is 3.75. The molecule has 0 spiro atoms. The smallest absolute Gasteiger partial charge is 0.186 e. The first-order chi connectivity index (χ1) is 8.85. The number of benzene rings is 2. The largest absolute Gasteiger partial charge is 0.448 e. The van der Waals surface area contributed by atoms with Gasteiger partial charge in [0, 0.05) is 19.8 Å². The van der Waals surface area contributed by atoms with E-state index in [0.717, 1.165) is 28.2 Å². The van der Waals surface area contributed by atoms with Crippen molar-refractivity contribution in [3.63, 3.8) is 0 Å². The summed E-state index contributed by atoms with van der Waals surface area (Å²) in [6, 6.07) is 14.2.